The Labute approximate surface area is 190 Å². The highest BCUT2D eigenvalue weighted by Crippen LogP contribution is 2.34. The molecule has 0 fully saturated rings. The summed E-state index contributed by atoms with van der Waals surface area (Å²) in [6.07, 6.45) is 6.00. The second-order valence-corrected chi connectivity index (χ2v) is 7.49. The number of fused-ring (bicyclic) bond motifs is 1. The van der Waals surface area contributed by atoms with Gasteiger partial charge in [0.1, 0.15) is 11.8 Å². The monoisotopic (exact) mass is 447 g/mol. The average Bonchev–Trinajstić information content (AvgIpc) is 2.79. The molecule has 2 aromatic rings. The molecule has 1 aromatic carbocycles. The third kappa shape index (κ3) is 8.00. The summed E-state index contributed by atoms with van der Waals surface area (Å²) in [5.41, 5.74) is -0.0925. The van der Waals surface area contributed by atoms with Crippen LogP contribution in [0.3, 0.4) is 0 Å². The topological polar surface area (TPSA) is 110 Å². The van der Waals surface area contributed by atoms with Gasteiger partial charge in [0, 0.05) is 5.39 Å². The zero-order valence-electron chi connectivity index (χ0n) is 19.9. The number of unbranched alkanes of at least 4 members (excludes halogenated alkanes) is 3. The predicted molar refractivity (Wildman–Crippen MR) is 128 cm³/mol. The quantitative estimate of drug-likeness (QED) is 0.340. The number of carbonyl (C=O) groups is 2. The van der Waals surface area contributed by atoms with E-state index >= 15 is 0 Å². The maximum absolute atomic E-state index is 12.6. The molecule has 1 atom stereocenters. The van der Waals surface area contributed by atoms with E-state index in [1.54, 1.807) is 12.1 Å². The van der Waals surface area contributed by atoms with Gasteiger partial charge in [-0.2, -0.15) is 0 Å². The second-order valence-electron chi connectivity index (χ2n) is 7.49. The lowest BCUT2D eigenvalue weighted by Gasteiger charge is -2.15. The van der Waals surface area contributed by atoms with Crippen molar-refractivity contribution in [3.8, 4) is 11.5 Å². The Hall–Kier alpha value is -2.87. The summed E-state index contributed by atoms with van der Waals surface area (Å²) in [4.78, 5) is 39.1. The fourth-order valence-corrected chi connectivity index (χ4v) is 3.07. The van der Waals surface area contributed by atoms with Gasteiger partial charge < -0.3 is 29.9 Å². The van der Waals surface area contributed by atoms with E-state index in [9.17, 15) is 14.4 Å². The molecule has 0 radical (unpaired) electrons. The van der Waals surface area contributed by atoms with Gasteiger partial charge in [-0.3, -0.25) is 9.59 Å². The van der Waals surface area contributed by atoms with Crippen molar-refractivity contribution in [2.45, 2.75) is 58.4 Å². The van der Waals surface area contributed by atoms with Crippen LogP contribution in [-0.4, -0.2) is 51.0 Å². The zero-order chi connectivity index (χ0) is 23.9. The normalized spacial score (nSPS) is 11.3. The highest BCUT2D eigenvalue weighted by molar-refractivity contribution is 5.99. The average molecular weight is 448 g/mol. The van der Waals surface area contributed by atoms with Crippen LogP contribution >= 0.6 is 0 Å². The zero-order valence-corrected chi connectivity index (χ0v) is 19.9. The number of hydrogen-bond donors (Lipinski definition) is 3. The largest absolute Gasteiger partial charge is 0.493 e. The van der Waals surface area contributed by atoms with E-state index in [0.29, 0.717) is 41.7 Å². The fraction of sp³-hybridized carbons (Fsp3) is 0.542. The number of carbonyl (C=O) groups excluding carboxylic acids is 2. The maximum atomic E-state index is 12.6. The molecule has 2 rings (SSSR count). The first kappa shape index (κ1) is 27.2. The summed E-state index contributed by atoms with van der Waals surface area (Å²) in [5.74, 6) is 0.406. The molecule has 0 saturated carbocycles. The van der Waals surface area contributed by atoms with Gasteiger partial charge in [-0.05, 0) is 45.1 Å². The van der Waals surface area contributed by atoms with Crippen LogP contribution < -0.4 is 25.7 Å². The Morgan fingerprint density at radius 2 is 1.84 bits per heavy atom. The van der Waals surface area contributed by atoms with Gasteiger partial charge >= 0.3 is 0 Å². The third-order valence-electron chi connectivity index (χ3n) is 4.75. The highest BCUT2D eigenvalue weighted by atomic mass is 16.5. The minimum Gasteiger partial charge on any atom is -0.493 e. The van der Waals surface area contributed by atoms with Gasteiger partial charge in [-0.25, -0.2) is 0 Å². The van der Waals surface area contributed by atoms with Crippen LogP contribution in [0.25, 0.3) is 10.9 Å². The number of ether oxygens (including phenoxy) is 2. The van der Waals surface area contributed by atoms with Crippen molar-refractivity contribution in [1.82, 2.24) is 15.6 Å². The van der Waals surface area contributed by atoms with Crippen LogP contribution in [0.5, 0.6) is 11.5 Å². The van der Waals surface area contributed by atoms with Crippen molar-refractivity contribution in [2.24, 2.45) is 0 Å². The summed E-state index contributed by atoms with van der Waals surface area (Å²) in [5, 5.41) is 6.03. The number of nitrogens with one attached hydrogen (secondary N) is 3. The molecule has 0 aliphatic rings. The van der Waals surface area contributed by atoms with E-state index in [1.165, 1.54) is 13.2 Å². The number of methoxy groups -OCH3 is 1. The fourth-order valence-electron chi connectivity index (χ4n) is 3.07. The van der Waals surface area contributed by atoms with E-state index in [2.05, 4.69) is 22.5 Å². The third-order valence-corrected chi connectivity index (χ3v) is 4.75. The first-order valence-electron chi connectivity index (χ1n) is 11.2. The lowest BCUT2D eigenvalue weighted by molar-refractivity contribution is -0.109. The van der Waals surface area contributed by atoms with Gasteiger partial charge in [-0.1, -0.05) is 39.5 Å². The molecule has 0 aliphatic carbocycles. The molecule has 3 N–H and O–H groups in total. The standard InChI is InChI=1S/C22H30N2O5.C2H7N/c1-4-6-8-12-29-20-18(28-3)11-10-15-13-17(22(27)24-19(15)20)21(26)23-16(14-25)9-7-5-2;1-3-2/h10-11,13-14,16H,4-9,12H2,1-3H3,(H,23,26)(H,24,27);3H,1-2H3. The number of aldehydes is 1. The molecular formula is C24H37N3O5. The predicted octanol–water partition coefficient (Wildman–Crippen LogP) is 3.43. The summed E-state index contributed by atoms with van der Waals surface area (Å²) in [7, 11) is 5.29. The minimum atomic E-state index is -0.606. The Morgan fingerprint density at radius 3 is 2.44 bits per heavy atom. The summed E-state index contributed by atoms with van der Waals surface area (Å²) < 4.78 is 11.3. The van der Waals surface area contributed by atoms with Crippen LogP contribution in [0.15, 0.2) is 23.0 Å². The van der Waals surface area contributed by atoms with Gasteiger partial charge in [0.15, 0.2) is 11.5 Å². The molecule has 1 heterocycles. The maximum Gasteiger partial charge on any atom is 0.261 e. The van der Waals surface area contributed by atoms with Crippen molar-refractivity contribution >= 4 is 23.1 Å². The van der Waals surface area contributed by atoms with E-state index in [1.807, 2.05) is 21.0 Å². The van der Waals surface area contributed by atoms with Crippen molar-refractivity contribution in [3.05, 3.63) is 34.1 Å². The van der Waals surface area contributed by atoms with Crippen LogP contribution in [0.4, 0.5) is 0 Å². The number of H-pyrrole nitrogens is 1. The molecule has 32 heavy (non-hydrogen) atoms. The number of amides is 1. The number of rotatable bonds is 12. The summed E-state index contributed by atoms with van der Waals surface area (Å²) in [6.45, 7) is 4.62. The lowest BCUT2D eigenvalue weighted by Crippen LogP contribution is -2.38. The number of aromatic nitrogens is 1. The Balaban J connectivity index is 0.00000161. The van der Waals surface area contributed by atoms with E-state index in [0.717, 1.165) is 32.1 Å². The molecule has 178 valence electrons. The lowest BCUT2D eigenvalue weighted by atomic mass is 10.1. The molecule has 0 spiro atoms. The number of aromatic amines is 1. The molecule has 1 unspecified atom stereocenters. The Kier molecular flexibility index (Phi) is 12.7. The Morgan fingerprint density at radius 1 is 1.16 bits per heavy atom. The van der Waals surface area contributed by atoms with Crippen LogP contribution in [0, 0.1) is 0 Å². The molecule has 1 amide bonds. The molecule has 0 bridgehead atoms. The molecule has 1 aromatic heterocycles. The minimum absolute atomic E-state index is 0.0389. The first-order chi connectivity index (χ1) is 15.5. The smallest absolute Gasteiger partial charge is 0.261 e. The molecule has 8 nitrogen and oxygen atoms in total. The first-order valence-corrected chi connectivity index (χ1v) is 11.2. The van der Waals surface area contributed by atoms with E-state index < -0.39 is 17.5 Å². The van der Waals surface area contributed by atoms with Crippen LogP contribution in [-0.2, 0) is 4.79 Å². The number of pyridine rings is 1. The summed E-state index contributed by atoms with van der Waals surface area (Å²) in [6, 6.07) is 4.41. The molecule has 8 heteroatoms. The second kappa shape index (κ2) is 15.0. The van der Waals surface area contributed by atoms with Gasteiger partial charge in [0.05, 0.1) is 25.3 Å². The van der Waals surface area contributed by atoms with Crippen LogP contribution in [0.1, 0.15) is 62.7 Å². The van der Waals surface area contributed by atoms with Crippen molar-refractivity contribution in [3.63, 3.8) is 0 Å². The van der Waals surface area contributed by atoms with Gasteiger partial charge in [-0.15, -0.1) is 0 Å². The number of benzene rings is 1. The van der Waals surface area contributed by atoms with Gasteiger partial charge in [0.2, 0.25) is 0 Å². The van der Waals surface area contributed by atoms with Crippen LogP contribution in [0.2, 0.25) is 0 Å². The summed E-state index contributed by atoms with van der Waals surface area (Å²) >= 11 is 0. The molecule has 0 aliphatic heterocycles. The molecular weight excluding hydrogens is 410 g/mol. The van der Waals surface area contributed by atoms with E-state index in [4.69, 9.17) is 9.47 Å². The molecule has 0 saturated heterocycles. The highest BCUT2D eigenvalue weighted by Gasteiger charge is 2.19. The van der Waals surface area contributed by atoms with Crippen molar-refractivity contribution in [1.29, 1.82) is 0 Å². The SMILES string of the molecule is CCCCCOc1c(OC)ccc2cc(C(=O)NC(C=O)CCCC)c(=O)[nH]c12.CNC. The Bertz CT molecular complexity index is 910. The van der Waals surface area contributed by atoms with Gasteiger partial charge in [0.25, 0.3) is 11.5 Å². The number of hydrogen-bond acceptors (Lipinski definition) is 6. The van der Waals surface area contributed by atoms with Crippen molar-refractivity contribution < 1.29 is 19.1 Å². The van der Waals surface area contributed by atoms with Crippen molar-refractivity contribution in [2.75, 3.05) is 27.8 Å². The van der Waals surface area contributed by atoms with E-state index in [-0.39, 0.29) is 5.56 Å².